The van der Waals surface area contributed by atoms with Crippen LogP contribution in [-0.2, 0) is 4.79 Å². The van der Waals surface area contributed by atoms with E-state index < -0.39 is 0 Å². The van der Waals surface area contributed by atoms with Crippen LogP contribution in [0, 0.1) is 5.92 Å². The van der Waals surface area contributed by atoms with Crippen molar-refractivity contribution < 1.29 is 4.79 Å². The summed E-state index contributed by atoms with van der Waals surface area (Å²) in [6, 6.07) is 2.03. The van der Waals surface area contributed by atoms with E-state index in [2.05, 4.69) is 20.8 Å². The van der Waals surface area contributed by atoms with Crippen LogP contribution in [0.15, 0.2) is 6.07 Å². The van der Waals surface area contributed by atoms with Gasteiger partial charge in [0.1, 0.15) is 0 Å². The van der Waals surface area contributed by atoms with E-state index in [0.29, 0.717) is 11.7 Å². The van der Waals surface area contributed by atoms with E-state index in [9.17, 15) is 4.79 Å². The number of carbonyl (C=O) groups excluding carboxylic acids is 1. The summed E-state index contributed by atoms with van der Waals surface area (Å²) in [6.45, 7) is 1.81. The van der Waals surface area contributed by atoms with Crippen LogP contribution in [0.2, 0.25) is 0 Å². The second-order valence-corrected chi connectivity index (χ2v) is 6.43. The predicted octanol–water partition coefficient (Wildman–Crippen LogP) is 3.21. The topological polar surface area (TPSA) is 69.8 Å². The first-order valence-electron chi connectivity index (χ1n) is 8.40. The van der Waals surface area contributed by atoms with Crippen LogP contribution in [0.4, 0.5) is 5.82 Å². The molecule has 0 aromatic carbocycles. The molecular formula is C16H27ClN4O. The molecule has 1 aromatic rings. The summed E-state index contributed by atoms with van der Waals surface area (Å²) in [5.41, 5.74) is 1.19. The van der Waals surface area contributed by atoms with E-state index in [-0.39, 0.29) is 24.2 Å². The molecule has 0 radical (unpaired) electrons. The molecular weight excluding hydrogens is 300 g/mol. The van der Waals surface area contributed by atoms with Gasteiger partial charge in [0.05, 0.1) is 5.92 Å². The summed E-state index contributed by atoms with van der Waals surface area (Å²) in [6.07, 6.45) is 9.83. The lowest BCUT2D eigenvalue weighted by Gasteiger charge is -2.21. The molecule has 22 heavy (non-hydrogen) atoms. The molecule has 1 saturated heterocycles. The second-order valence-electron chi connectivity index (χ2n) is 6.43. The first kappa shape index (κ1) is 17.3. The number of aromatic amines is 1. The third-order valence-corrected chi connectivity index (χ3v) is 4.81. The SMILES string of the molecule is Cl.O=C(Nc1cc(C2CCCCCC2)[nH]n1)C1CCCNC1. The van der Waals surface area contributed by atoms with Gasteiger partial charge >= 0.3 is 0 Å². The lowest BCUT2D eigenvalue weighted by Crippen LogP contribution is -2.37. The summed E-state index contributed by atoms with van der Waals surface area (Å²) < 4.78 is 0. The van der Waals surface area contributed by atoms with Crippen molar-refractivity contribution in [1.82, 2.24) is 15.5 Å². The number of rotatable bonds is 3. The molecule has 1 amide bonds. The highest BCUT2D eigenvalue weighted by Gasteiger charge is 2.22. The molecule has 1 unspecified atom stereocenters. The molecule has 1 aliphatic carbocycles. The highest BCUT2D eigenvalue weighted by Crippen LogP contribution is 2.31. The van der Waals surface area contributed by atoms with Gasteiger partial charge in [-0.05, 0) is 32.2 Å². The van der Waals surface area contributed by atoms with Crippen LogP contribution in [0.3, 0.4) is 0 Å². The summed E-state index contributed by atoms with van der Waals surface area (Å²) in [7, 11) is 0. The van der Waals surface area contributed by atoms with E-state index in [4.69, 9.17) is 0 Å². The maximum Gasteiger partial charge on any atom is 0.229 e. The third kappa shape index (κ3) is 4.46. The molecule has 124 valence electrons. The molecule has 2 heterocycles. The average Bonchev–Trinajstić information content (AvgIpc) is 2.81. The number of hydrogen-bond donors (Lipinski definition) is 3. The molecule has 2 aliphatic rings. The van der Waals surface area contributed by atoms with E-state index in [0.717, 1.165) is 25.9 Å². The van der Waals surface area contributed by atoms with Crippen molar-refractivity contribution in [3.8, 4) is 0 Å². The lowest BCUT2D eigenvalue weighted by molar-refractivity contribution is -0.120. The first-order chi connectivity index (χ1) is 10.3. The Hall–Kier alpha value is -1.07. The molecule has 1 aliphatic heterocycles. The van der Waals surface area contributed by atoms with E-state index in [1.54, 1.807) is 0 Å². The maximum absolute atomic E-state index is 12.2. The number of anilines is 1. The molecule has 5 nitrogen and oxygen atoms in total. The lowest BCUT2D eigenvalue weighted by atomic mass is 9.97. The van der Waals surface area contributed by atoms with Gasteiger partial charge in [-0.3, -0.25) is 9.89 Å². The Morgan fingerprint density at radius 3 is 2.59 bits per heavy atom. The number of carbonyl (C=O) groups is 1. The van der Waals surface area contributed by atoms with Gasteiger partial charge in [0, 0.05) is 24.2 Å². The Labute approximate surface area is 138 Å². The third-order valence-electron chi connectivity index (χ3n) is 4.81. The number of nitrogens with one attached hydrogen (secondary N) is 3. The zero-order valence-corrected chi connectivity index (χ0v) is 13.9. The fourth-order valence-electron chi connectivity index (χ4n) is 3.50. The Morgan fingerprint density at radius 1 is 1.14 bits per heavy atom. The summed E-state index contributed by atoms with van der Waals surface area (Å²) in [4.78, 5) is 12.2. The van der Waals surface area contributed by atoms with Gasteiger partial charge in [0.25, 0.3) is 0 Å². The zero-order valence-electron chi connectivity index (χ0n) is 13.1. The fraction of sp³-hybridized carbons (Fsp3) is 0.750. The van der Waals surface area contributed by atoms with Crippen LogP contribution in [0.25, 0.3) is 0 Å². The van der Waals surface area contributed by atoms with Gasteiger partial charge in [-0.25, -0.2) is 0 Å². The minimum absolute atomic E-state index is 0. The minimum atomic E-state index is 0. The number of aromatic nitrogens is 2. The Balaban J connectivity index is 0.00000176. The summed E-state index contributed by atoms with van der Waals surface area (Å²) >= 11 is 0. The van der Waals surface area contributed by atoms with Crippen molar-refractivity contribution in [2.45, 2.75) is 57.3 Å². The Bertz CT molecular complexity index is 462. The number of hydrogen-bond acceptors (Lipinski definition) is 3. The number of piperidine rings is 1. The van der Waals surface area contributed by atoms with E-state index in [1.807, 2.05) is 6.07 Å². The van der Waals surface area contributed by atoms with E-state index >= 15 is 0 Å². The van der Waals surface area contributed by atoms with Crippen LogP contribution in [0.1, 0.15) is 63.0 Å². The van der Waals surface area contributed by atoms with Crippen molar-refractivity contribution in [2.75, 3.05) is 18.4 Å². The van der Waals surface area contributed by atoms with Gasteiger partial charge in [-0.2, -0.15) is 5.10 Å². The monoisotopic (exact) mass is 326 g/mol. The predicted molar refractivity (Wildman–Crippen MR) is 90.5 cm³/mol. The van der Waals surface area contributed by atoms with Crippen molar-refractivity contribution in [3.63, 3.8) is 0 Å². The molecule has 6 heteroatoms. The highest BCUT2D eigenvalue weighted by molar-refractivity contribution is 5.91. The van der Waals surface area contributed by atoms with Gasteiger partial charge < -0.3 is 10.6 Å². The molecule has 1 saturated carbocycles. The highest BCUT2D eigenvalue weighted by atomic mass is 35.5. The molecule has 1 aromatic heterocycles. The van der Waals surface area contributed by atoms with Crippen molar-refractivity contribution >= 4 is 24.1 Å². The molecule has 3 rings (SSSR count). The van der Waals surface area contributed by atoms with Gasteiger partial charge in [0.15, 0.2) is 5.82 Å². The normalized spacial score (nSPS) is 23.4. The Morgan fingerprint density at radius 2 is 1.91 bits per heavy atom. The number of halogens is 1. The van der Waals surface area contributed by atoms with Gasteiger partial charge in [0.2, 0.25) is 5.91 Å². The average molecular weight is 327 g/mol. The van der Waals surface area contributed by atoms with Crippen LogP contribution in [-0.4, -0.2) is 29.2 Å². The van der Waals surface area contributed by atoms with Crippen LogP contribution >= 0.6 is 12.4 Å². The number of nitrogens with zero attached hydrogens (tertiary/aromatic N) is 1. The first-order valence-corrected chi connectivity index (χ1v) is 8.40. The number of H-pyrrole nitrogens is 1. The molecule has 3 N–H and O–H groups in total. The van der Waals surface area contributed by atoms with E-state index in [1.165, 1.54) is 44.2 Å². The quantitative estimate of drug-likeness (QED) is 0.747. The number of amides is 1. The summed E-state index contributed by atoms with van der Waals surface area (Å²) in [5, 5.41) is 13.7. The smallest absolute Gasteiger partial charge is 0.229 e. The van der Waals surface area contributed by atoms with Gasteiger partial charge in [-0.1, -0.05) is 25.7 Å². The van der Waals surface area contributed by atoms with Crippen molar-refractivity contribution in [3.05, 3.63) is 11.8 Å². The largest absolute Gasteiger partial charge is 0.316 e. The molecule has 2 fully saturated rings. The van der Waals surface area contributed by atoms with Crippen LogP contribution < -0.4 is 10.6 Å². The maximum atomic E-state index is 12.2. The fourth-order valence-corrected chi connectivity index (χ4v) is 3.50. The van der Waals surface area contributed by atoms with Crippen molar-refractivity contribution in [2.24, 2.45) is 5.92 Å². The summed E-state index contributed by atoms with van der Waals surface area (Å²) in [5.74, 6) is 1.45. The molecule has 0 bridgehead atoms. The standard InChI is InChI=1S/C16H26N4O.ClH/c21-16(13-8-5-9-17-11-13)18-15-10-14(19-20-15)12-6-3-1-2-4-7-12;/h10,12-13,17H,1-9,11H2,(H2,18,19,20,21);1H. The minimum Gasteiger partial charge on any atom is -0.316 e. The molecule has 1 atom stereocenters. The van der Waals surface area contributed by atoms with Crippen molar-refractivity contribution in [1.29, 1.82) is 0 Å². The van der Waals surface area contributed by atoms with Gasteiger partial charge in [-0.15, -0.1) is 12.4 Å². The Kier molecular flexibility index (Phi) is 6.70. The molecule has 0 spiro atoms. The second kappa shape index (κ2) is 8.53. The zero-order chi connectivity index (χ0) is 14.5. The van der Waals surface area contributed by atoms with Crippen LogP contribution in [0.5, 0.6) is 0 Å².